The van der Waals surface area contributed by atoms with Gasteiger partial charge in [0.25, 0.3) is 0 Å². The molecule has 0 aromatic heterocycles. The van der Waals surface area contributed by atoms with E-state index in [1.165, 1.54) is 30.6 Å². The lowest BCUT2D eigenvalue weighted by molar-refractivity contribution is -0.140. The molecule has 27 heavy (non-hydrogen) atoms. The van der Waals surface area contributed by atoms with E-state index in [2.05, 4.69) is 34.7 Å². The van der Waals surface area contributed by atoms with Gasteiger partial charge in [0.15, 0.2) is 5.96 Å². The fourth-order valence-corrected chi connectivity index (χ4v) is 4.95. The summed E-state index contributed by atoms with van der Waals surface area (Å²) in [6.07, 6.45) is 11.3. The predicted octanol–water partition coefficient (Wildman–Crippen LogP) is 1.93. The molecule has 1 heterocycles. The normalized spacial score (nSPS) is 31.7. The number of rotatable bonds is 9. The molecular weight excluding hydrogens is 340 g/mol. The molecule has 3 aliphatic carbocycles. The summed E-state index contributed by atoms with van der Waals surface area (Å²) in [6.45, 7) is 4.95. The molecule has 1 saturated heterocycles. The van der Waals surface area contributed by atoms with Crippen LogP contribution in [0.1, 0.15) is 45.4 Å². The Hall–Kier alpha value is -1.85. The quantitative estimate of drug-likeness (QED) is 0.213. The highest BCUT2D eigenvalue weighted by atomic mass is 16.2. The van der Waals surface area contributed by atoms with Crippen LogP contribution in [0.5, 0.6) is 0 Å². The molecule has 4 rings (SSSR count). The number of nitrogens with one attached hydrogen (secondary N) is 2. The molecule has 2 saturated carbocycles. The molecule has 0 aromatic carbocycles. The Bertz CT molecular complexity index is 610. The summed E-state index contributed by atoms with van der Waals surface area (Å²) in [7, 11) is 0. The van der Waals surface area contributed by atoms with Crippen molar-refractivity contribution in [3.8, 4) is 0 Å². The minimum absolute atomic E-state index is 0.0518. The zero-order valence-electron chi connectivity index (χ0n) is 16.3. The number of imide groups is 1. The second-order valence-electron chi connectivity index (χ2n) is 8.45. The lowest BCUT2D eigenvalue weighted by Crippen LogP contribution is -2.38. The van der Waals surface area contributed by atoms with E-state index < -0.39 is 0 Å². The molecule has 6 nitrogen and oxygen atoms in total. The van der Waals surface area contributed by atoms with Crippen molar-refractivity contribution >= 4 is 17.8 Å². The maximum atomic E-state index is 12.7. The Morgan fingerprint density at radius 1 is 1.11 bits per heavy atom. The monoisotopic (exact) mass is 372 g/mol. The lowest BCUT2D eigenvalue weighted by Gasteiger charge is -2.17. The number of carbonyl (C=O) groups is 2. The first kappa shape index (κ1) is 18.5. The molecule has 2 amide bonds. The third-order valence-electron chi connectivity index (χ3n) is 6.49. The van der Waals surface area contributed by atoms with Crippen LogP contribution in [0.3, 0.4) is 0 Å². The van der Waals surface area contributed by atoms with Crippen LogP contribution >= 0.6 is 0 Å². The molecule has 1 aliphatic heterocycles. The summed E-state index contributed by atoms with van der Waals surface area (Å²) in [6, 6.07) is 0. The van der Waals surface area contributed by atoms with Gasteiger partial charge in [-0.05, 0) is 50.4 Å². The first-order valence-corrected chi connectivity index (χ1v) is 10.7. The third kappa shape index (κ3) is 3.90. The Kier molecular flexibility index (Phi) is 5.50. The maximum absolute atomic E-state index is 12.7. The van der Waals surface area contributed by atoms with Crippen molar-refractivity contribution in [2.75, 3.05) is 26.2 Å². The minimum Gasteiger partial charge on any atom is -0.357 e. The van der Waals surface area contributed by atoms with Gasteiger partial charge in [0.05, 0.1) is 11.8 Å². The number of likely N-dealkylation sites (tertiary alicyclic amines) is 1. The Labute approximate surface area is 161 Å². The molecule has 2 N–H and O–H groups in total. The van der Waals surface area contributed by atoms with Crippen LogP contribution in [-0.4, -0.2) is 48.9 Å². The second-order valence-corrected chi connectivity index (χ2v) is 8.45. The van der Waals surface area contributed by atoms with Gasteiger partial charge in [-0.3, -0.25) is 19.5 Å². The summed E-state index contributed by atoms with van der Waals surface area (Å²) in [4.78, 5) is 31.4. The number of fused-ring (bicyclic) bond motifs is 5. The van der Waals surface area contributed by atoms with Crippen LogP contribution in [0.2, 0.25) is 0 Å². The zero-order chi connectivity index (χ0) is 18.8. The van der Waals surface area contributed by atoms with E-state index in [0.717, 1.165) is 37.8 Å². The number of aliphatic imine (C=N–C) groups is 1. The molecule has 3 fully saturated rings. The van der Waals surface area contributed by atoms with Gasteiger partial charge in [-0.15, -0.1) is 0 Å². The van der Waals surface area contributed by atoms with Gasteiger partial charge in [0.2, 0.25) is 11.8 Å². The molecule has 0 aromatic rings. The molecule has 6 heteroatoms. The van der Waals surface area contributed by atoms with Crippen molar-refractivity contribution in [2.24, 2.45) is 34.6 Å². The highest BCUT2D eigenvalue weighted by Crippen LogP contribution is 2.52. The number of hydrogen-bond donors (Lipinski definition) is 2. The fraction of sp³-hybridized carbons (Fsp3) is 0.762. The molecule has 4 unspecified atom stereocenters. The molecule has 0 radical (unpaired) electrons. The lowest BCUT2D eigenvalue weighted by atomic mass is 9.85. The van der Waals surface area contributed by atoms with Gasteiger partial charge < -0.3 is 10.6 Å². The first-order valence-electron chi connectivity index (χ1n) is 10.7. The summed E-state index contributed by atoms with van der Waals surface area (Å²) in [5, 5.41) is 6.65. The first-order chi connectivity index (χ1) is 13.2. The summed E-state index contributed by atoms with van der Waals surface area (Å²) in [5.41, 5.74) is 0. The van der Waals surface area contributed by atoms with Crippen LogP contribution in [-0.2, 0) is 9.59 Å². The fourth-order valence-electron chi connectivity index (χ4n) is 4.95. The van der Waals surface area contributed by atoms with E-state index in [1.54, 1.807) is 0 Å². The summed E-state index contributed by atoms with van der Waals surface area (Å²) >= 11 is 0. The maximum Gasteiger partial charge on any atom is 0.233 e. The van der Waals surface area contributed by atoms with Crippen molar-refractivity contribution in [2.45, 2.75) is 45.4 Å². The van der Waals surface area contributed by atoms with Gasteiger partial charge in [0, 0.05) is 26.2 Å². The van der Waals surface area contributed by atoms with Crippen LogP contribution in [0, 0.1) is 29.6 Å². The van der Waals surface area contributed by atoms with Crippen molar-refractivity contribution in [3.05, 3.63) is 12.2 Å². The molecule has 4 atom stereocenters. The number of hydrogen-bond acceptors (Lipinski definition) is 3. The second kappa shape index (κ2) is 8.03. The molecule has 0 spiro atoms. The number of nitrogens with zero attached hydrogens (tertiary/aromatic N) is 2. The van der Waals surface area contributed by atoms with E-state index in [1.807, 2.05) is 0 Å². The Morgan fingerprint density at radius 3 is 2.44 bits per heavy atom. The van der Waals surface area contributed by atoms with Gasteiger partial charge in [-0.1, -0.05) is 25.0 Å². The van der Waals surface area contributed by atoms with Crippen LogP contribution in [0.15, 0.2) is 17.1 Å². The molecule has 4 aliphatic rings. The van der Waals surface area contributed by atoms with Crippen LogP contribution in [0.25, 0.3) is 0 Å². The smallest absolute Gasteiger partial charge is 0.233 e. The number of allylic oxidation sites excluding steroid dienone is 2. The molecule has 2 bridgehead atoms. The average molecular weight is 373 g/mol. The topological polar surface area (TPSA) is 73.8 Å². The van der Waals surface area contributed by atoms with Crippen LogP contribution < -0.4 is 10.6 Å². The SMILES string of the molecule is CCNC(=NCCCN1C(=O)C2C3C=CC(C3)C2C1=O)NCCCC1CC1. The van der Waals surface area contributed by atoms with Gasteiger partial charge in [-0.25, -0.2) is 0 Å². The largest absolute Gasteiger partial charge is 0.357 e. The third-order valence-corrected chi connectivity index (χ3v) is 6.49. The molecular formula is C21H32N4O2. The highest BCUT2D eigenvalue weighted by molar-refractivity contribution is 6.06. The summed E-state index contributed by atoms with van der Waals surface area (Å²) < 4.78 is 0. The van der Waals surface area contributed by atoms with Crippen molar-refractivity contribution < 1.29 is 9.59 Å². The van der Waals surface area contributed by atoms with E-state index in [4.69, 9.17) is 0 Å². The van der Waals surface area contributed by atoms with Gasteiger partial charge >= 0.3 is 0 Å². The van der Waals surface area contributed by atoms with Crippen LogP contribution in [0.4, 0.5) is 0 Å². The number of amides is 2. The predicted molar refractivity (Wildman–Crippen MR) is 105 cm³/mol. The van der Waals surface area contributed by atoms with E-state index in [-0.39, 0.29) is 23.7 Å². The minimum atomic E-state index is -0.0820. The number of guanidine groups is 1. The highest BCUT2D eigenvalue weighted by Gasteiger charge is 2.58. The standard InChI is InChI=1S/C21H32N4O2/c1-2-22-21(23-10-3-5-14-6-7-14)24-11-4-12-25-19(26)17-15-8-9-16(13-15)18(17)20(25)27/h8-9,14-18H,2-7,10-13H2,1H3,(H2,22,23,24). The number of carbonyl (C=O) groups excluding carboxylic acids is 2. The Balaban J connectivity index is 1.21. The molecule has 148 valence electrons. The Morgan fingerprint density at radius 2 is 1.81 bits per heavy atom. The van der Waals surface area contributed by atoms with E-state index >= 15 is 0 Å². The van der Waals surface area contributed by atoms with Crippen molar-refractivity contribution in [1.82, 2.24) is 15.5 Å². The van der Waals surface area contributed by atoms with Gasteiger partial charge in [-0.2, -0.15) is 0 Å². The van der Waals surface area contributed by atoms with Gasteiger partial charge in [0.1, 0.15) is 0 Å². The average Bonchev–Trinajstić information content (AvgIpc) is 3.16. The van der Waals surface area contributed by atoms with Crippen molar-refractivity contribution in [3.63, 3.8) is 0 Å². The van der Waals surface area contributed by atoms with Crippen molar-refractivity contribution in [1.29, 1.82) is 0 Å². The summed E-state index contributed by atoms with van der Waals surface area (Å²) in [5.74, 6) is 2.33. The van der Waals surface area contributed by atoms with E-state index in [0.29, 0.717) is 24.9 Å². The van der Waals surface area contributed by atoms with E-state index in [9.17, 15) is 9.59 Å². The zero-order valence-corrected chi connectivity index (χ0v) is 16.3.